The molecule has 0 aliphatic carbocycles. The van der Waals surface area contributed by atoms with Crippen LogP contribution in [-0.2, 0) is 4.79 Å². The lowest BCUT2D eigenvalue weighted by atomic mass is 10.0. The van der Waals surface area contributed by atoms with Crippen LogP contribution in [0.3, 0.4) is 0 Å². The van der Waals surface area contributed by atoms with Gasteiger partial charge in [0.25, 0.3) is 0 Å². The molecule has 3 N–H and O–H groups in total. The van der Waals surface area contributed by atoms with Crippen LogP contribution in [0.4, 0.5) is 0 Å². The maximum Gasteiger partial charge on any atom is 0.220 e. The van der Waals surface area contributed by atoms with Gasteiger partial charge in [-0.1, -0.05) is 393 Å². The van der Waals surface area contributed by atoms with Crippen molar-refractivity contribution in [1.82, 2.24) is 5.32 Å². The molecule has 4 nitrogen and oxygen atoms in total. The molecule has 0 spiro atoms. The number of amides is 1. The third-order valence-electron chi connectivity index (χ3n) is 16.6. The van der Waals surface area contributed by atoms with Gasteiger partial charge in [0.15, 0.2) is 0 Å². The van der Waals surface area contributed by atoms with Gasteiger partial charge in [0.05, 0.1) is 18.8 Å². The molecule has 1 amide bonds. The normalized spacial score (nSPS) is 12.6. The van der Waals surface area contributed by atoms with E-state index in [2.05, 4.69) is 19.2 Å². The number of aliphatic hydroxyl groups is 2. The van der Waals surface area contributed by atoms with Crippen molar-refractivity contribution < 1.29 is 15.0 Å². The molecule has 72 heavy (non-hydrogen) atoms. The summed E-state index contributed by atoms with van der Waals surface area (Å²) in [5, 5.41) is 23.4. The van der Waals surface area contributed by atoms with Gasteiger partial charge in [-0.3, -0.25) is 4.79 Å². The fourth-order valence-corrected chi connectivity index (χ4v) is 11.4. The Labute approximate surface area is 454 Å². The lowest BCUT2D eigenvalue weighted by Crippen LogP contribution is -2.45. The van der Waals surface area contributed by atoms with Crippen molar-refractivity contribution in [2.75, 3.05) is 6.61 Å². The zero-order valence-corrected chi connectivity index (χ0v) is 50.0. The summed E-state index contributed by atoms with van der Waals surface area (Å²) < 4.78 is 0. The molecule has 4 heteroatoms. The van der Waals surface area contributed by atoms with Crippen LogP contribution in [-0.4, -0.2) is 34.9 Å². The summed E-state index contributed by atoms with van der Waals surface area (Å²) in [5.41, 5.74) is 0. The number of hydrogen-bond acceptors (Lipinski definition) is 3. The Hall–Kier alpha value is -0.610. The number of aliphatic hydroxyl groups excluding tert-OH is 2. The van der Waals surface area contributed by atoms with E-state index in [1.54, 1.807) is 0 Å². The molecule has 0 rings (SSSR count). The van der Waals surface area contributed by atoms with Crippen molar-refractivity contribution >= 4 is 5.91 Å². The van der Waals surface area contributed by atoms with Gasteiger partial charge in [-0.05, 0) is 12.8 Å². The number of nitrogens with one attached hydrogen (secondary N) is 1. The van der Waals surface area contributed by atoms with Gasteiger partial charge in [0.1, 0.15) is 0 Å². The highest BCUT2D eigenvalue weighted by atomic mass is 16.3. The maximum atomic E-state index is 12.5. The summed E-state index contributed by atoms with van der Waals surface area (Å²) in [5.74, 6) is -0.0201. The molecule has 432 valence electrons. The minimum Gasteiger partial charge on any atom is -0.394 e. The fourth-order valence-electron chi connectivity index (χ4n) is 11.4. The van der Waals surface area contributed by atoms with Crippen LogP contribution in [0.5, 0.6) is 0 Å². The minimum atomic E-state index is -0.656. The molecular formula is C68H137NO3. The first-order chi connectivity index (χ1) is 35.7. The Morgan fingerprint density at radius 3 is 0.625 bits per heavy atom. The van der Waals surface area contributed by atoms with E-state index in [4.69, 9.17) is 0 Å². The van der Waals surface area contributed by atoms with Gasteiger partial charge >= 0.3 is 0 Å². The minimum absolute atomic E-state index is 0.0201. The molecule has 0 aromatic carbocycles. The molecule has 0 radical (unpaired) electrons. The first-order valence-electron chi connectivity index (χ1n) is 34.2. The summed E-state index contributed by atoms with van der Waals surface area (Å²) in [4.78, 5) is 12.5. The Bertz CT molecular complexity index is 971. The maximum absolute atomic E-state index is 12.5. The molecule has 0 aliphatic heterocycles. The first-order valence-corrected chi connectivity index (χ1v) is 34.2. The van der Waals surface area contributed by atoms with Crippen LogP contribution in [0.25, 0.3) is 0 Å². The smallest absolute Gasteiger partial charge is 0.220 e. The first kappa shape index (κ1) is 71.4. The highest BCUT2D eigenvalue weighted by Crippen LogP contribution is 2.20. The van der Waals surface area contributed by atoms with Crippen LogP contribution in [0, 0.1) is 0 Å². The van der Waals surface area contributed by atoms with Crippen LogP contribution < -0.4 is 5.32 Å². The molecule has 0 aromatic heterocycles. The van der Waals surface area contributed by atoms with Crippen molar-refractivity contribution in [3.8, 4) is 0 Å². The average Bonchev–Trinajstić information content (AvgIpc) is 3.39. The monoisotopic (exact) mass is 1020 g/mol. The molecule has 0 aromatic rings. The number of hydrogen-bond donors (Lipinski definition) is 3. The predicted molar refractivity (Wildman–Crippen MR) is 323 cm³/mol. The molecule has 0 saturated heterocycles. The zero-order chi connectivity index (χ0) is 52.0. The van der Waals surface area contributed by atoms with Gasteiger partial charge in [-0.2, -0.15) is 0 Å². The van der Waals surface area contributed by atoms with Gasteiger partial charge in [-0.15, -0.1) is 0 Å². The van der Waals surface area contributed by atoms with Crippen molar-refractivity contribution in [3.63, 3.8) is 0 Å². The van der Waals surface area contributed by atoms with Crippen LogP contribution in [0.1, 0.15) is 412 Å². The zero-order valence-electron chi connectivity index (χ0n) is 50.0. The fraction of sp³-hybridized carbons (Fsp3) is 0.985. The van der Waals surface area contributed by atoms with Gasteiger partial charge < -0.3 is 15.5 Å². The molecule has 0 aliphatic rings. The van der Waals surface area contributed by atoms with Crippen LogP contribution >= 0.6 is 0 Å². The standard InChI is InChI=1S/C68H137NO3/c1-3-5-7-9-11-13-15-17-19-21-23-25-26-27-28-29-30-31-32-33-34-35-36-37-38-39-40-41-42-43-44-46-48-50-52-54-56-58-60-62-64-68(72)69-66(65-70)67(71)63-61-59-57-55-53-51-49-47-45-24-22-20-18-16-14-12-10-8-6-4-2/h66-67,70-71H,3-65H2,1-2H3,(H,69,72). The van der Waals surface area contributed by atoms with Crippen LogP contribution in [0.15, 0.2) is 0 Å². The van der Waals surface area contributed by atoms with Crippen molar-refractivity contribution in [2.24, 2.45) is 0 Å². The van der Waals surface area contributed by atoms with E-state index in [1.807, 2.05) is 0 Å². The largest absolute Gasteiger partial charge is 0.394 e. The molecular weight excluding hydrogens is 879 g/mol. The molecule has 0 heterocycles. The lowest BCUT2D eigenvalue weighted by molar-refractivity contribution is -0.123. The van der Waals surface area contributed by atoms with E-state index in [-0.39, 0.29) is 12.5 Å². The topological polar surface area (TPSA) is 69.6 Å². The third kappa shape index (κ3) is 60.3. The van der Waals surface area contributed by atoms with Gasteiger partial charge in [0.2, 0.25) is 5.91 Å². The second kappa shape index (κ2) is 64.7. The summed E-state index contributed by atoms with van der Waals surface area (Å²) in [6.07, 6.45) is 84.5. The summed E-state index contributed by atoms with van der Waals surface area (Å²) in [7, 11) is 0. The number of rotatable bonds is 65. The van der Waals surface area contributed by atoms with E-state index >= 15 is 0 Å². The van der Waals surface area contributed by atoms with E-state index in [0.29, 0.717) is 12.8 Å². The van der Waals surface area contributed by atoms with Gasteiger partial charge in [0, 0.05) is 6.42 Å². The molecule has 2 atom stereocenters. The molecule has 0 bridgehead atoms. The highest BCUT2D eigenvalue weighted by Gasteiger charge is 2.20. The number of carbonyl (C=O) groups is 1. The van der Waals surface area contributed by atoms with Crippen LogP contribution in [0.2, 0.25) is 0 Å². The van der Waals surface area contributed by atoms with E-state index in [0.717, 1.165) is 25.7 Å². The quantitative estimate of drug-likeness (QED) is 0.0532. The lowest BCUT2D eigenvalue weighted by Gasteiger charge is -2.22. The highest BCUT2D eigenvalue weighted by molar-refractivity contribution is 5.76. The molecule has 0 saturated carbocycles. The van der Waals surface area contributed by atoms with E-state index in [9.17, 15) is 15.0 Å². The Balaban J connectivity index is 3.32. The Kier molecular flexibility index (Phi) is 64.1. The summed E-state index contributed by atoms with van der Waals surface area (Å²) >= 11 is 0. The number of unbranched alkanes of at least 4 members (excludes halogenated alkanes) is 58. The molecule has 0 fully saturated rings. The van der Waals surface area contributed by atoms with Crippen molar-refractivity contribution in [2.45, 2.75) is 424 Å². The Morgan fingerprint density at radius 2 is 0.444 bits per heavy atom. The molecule has 2 unspecified atom stereocenters. The second-order valence-corrected chi connectivity index (χ2v) is 24.0. The predicted octanol–water partition coefficient (Wildman–Crippen LogP) is 23.1. The van der Waals surface area contributed by atoms with Crippen molar-refractivity contribution in [1.29, 1.82) is 0 Å². The van der Waals surface area contributed by atoms with E-state index in [1.165, 1.54) is 360 Å². The summed E-state index contributed by atoms with van der Waals surface area (Å²) in [6, 6.07) is -0.532. The van der Waals surface area contributed by atoms with Gasteiger partial charge in [-0.25, -0.2) is 0 Å². The Morgan fingerprint density at radius 1 is 0.278 bits per heavy atom. The van der Waals surface area contributed by atoms with E-state index < -0.39 is 12.1 Å². The SMILES string of the molecule is CCCCCCCCCCCCCCCCCCCCCCCCCCCCCCCCCCCCCCCCCCC(=O)NC(CO)C(O)CCCCCCCCCCCCCCCCCCCCCC. The van der Waals surface area contributed by atoms with Crippen molar-refractivity contribution in [3.05, 3.63) is 0 Å². The second-order valence-electron chi connectivity index (χ2n) is 24.0. The third-order valence-corrected chi connectivity index (χ3v) is 16.6. The summed E-state index contributed by atoms with van der Waals surface area (Å²) in [6.45, 7) is 4.41. The average molecular weight is 1020 g/mol. The number of carbonyl (C=O) groups excluding carboxylic acids is 1.